The number of aliphatic carboxylic acids is 1. The first-order valence-electron chi connectivity index (χ1n) is 9.18. The molecule has 1 amide bonds. The number of amides is 1. The first-order chi connectivity index (χ1) is 12.6. The zero-order chi connectivity index (χ0) is 18.4. The number of rotatable bonds is 7. The van der Waals surface area contributed by atoms with Crippen molar-refractivity contribution in [3.05, 3.63) is 58.3 Å². The van der Waals surface area contributed by atoms with E-state index in [-0.39, 0.29) is 24.7 Å². The van der Waals surface area contributed by atoms with Gasteiger partial charge in [-0.2, -0.15) is 0 Å². The number of carboxylic acid groups (broad SMARTS) is 1. The van der Waals surface area contributed by atoms with Crippen LogP contribution < -0.4 is 0 Å². The van der Waals surface area contributed by atoms with E-state index in [9.17, 15) is 9.59 Å². The molecule has 1 N–H and O–H groups in total. The molecule has 26 heavy (non-hydrogen) atoms. The van der Waals surface area contributed by atoms with Crippen LogP contribution in [0.5, 0.6) is 0 Å². The summed E-state index contributed by atoms with van der Waals surface area (Å²) in [4.78, 5) is 26.8. The summed E-state index contributed by atoms with van der Waals surface area (Å²) in [6, 6.07) is 14.3. The molecule has 1 aliphatic heterocycles. The second kappa shape index (κ2) is 8.99. The summed E-state index contributed by atoms with van der Waals surface area (Å²) in [6.45, 7) is 1.56. The Morgan fingerprint density at radius 1 is 1.08 bits per heavy atom. The number of benzene rings is 1. The molecule has 3 rings (SSSR count). The largest absolute Gasteiger partial charge is 0.481 e. The van der Waals surface area contributed by atoms with E-state index >= 15 is 0 Å². The molecule has 5 heteroatoms. The lowest BCUT2D eigenvalue weighted by atomic mass is 9.89. The predicted octanol–water partition coefficient (Wildman–Crippen LogP) is 4.18. The van der Waals surface area contributed by atoms with Gasteiger partial charge in [-0.25, -0.2) is 0 Å². The lowest BCUT2D eigenvalue weighted by Crippen LogP contribution is -2.39. The lowest BCUT2D eigenvalue weighted by molar-refractivity contribution is -0.138. The van der Waals surface area contributed by atoms with Crippen LogP contribution in [0.4, 0.5) is 0 Å². The lowest BCUT2D eigenvalue weighted by Gasteiger charge is -2.33. The van der Waals surface area contributed by atoms with Gasteiger partial charge in [-0.1, -0.05) is 36.4 Å². The van der Waals surface area contributed by atoms with Gasteiger partial charge in [-0.15, -0.1) is 11.3 Å². The normalized spacial score (nSPS) is 16.4. The zero-order valence-electron chi connectivity index (χ0n) is 14.8. The first-order valence-corrected chi connectivity index (χ1v) is 10.1. The highest BCUT2D eigenvalue weighted by Gasteiger charge is 2.26. The molecule has 2 heterocycles. The van der Waals surface area contributed by atoms with Crippen molar-refractivity contribution in [1.29, 1.82) is 0 Å². The van der Waals surface area contributed by atoms with Crippen LogP contribution >= 0.6 is 11.3 Å². The molecular weight excluding hydrogens is 346 g/mol. The molecule has 1 unspecified atom stereocenters. The molecule has 0 spiro atoms. The van der Waals surface area contributed by atoms with Crippen LogP contribution in [0.3, 0.4) is 0 Å². The third-order valence-electron chi connectivity index (χ3n) is 5.12. The minimum absolute atomic E-state index is 0.0106. The maximum absolute atomic E-state index is 12.7. The quantitative estimate of drug-likeness (QED) is 0.794. The van der Waals surface area contributed by atoms with Gasteiger partial charge in [0.2, 0.25) is 5.91 Å². The van der Waals surface area contributed by atoms with E-state index in [1.807, 2.05) is 28.5 Å². The number of hydrogen-bond acceptors (Lipinski definition) is 3. The fourth-order valence-corrected chi connectivity index (χ4v) is 4.51. The molecule has 0 bridgehead atoms. The van der Waals surface area contributed by atoms with Crippen LogP contribution in [-0.4, -0.2) is 35.0 Å². The molecule has 1 saturated heterocycles. The van der Waals surface area contributed by atoms with Gasteiger partial charge in [-0.3, -0.25) is 9.59 Å². The number of hydrogen-bond donors (Lipinski definition) is 1. The van der Waals surface area contributed by atoms with E-state index in [4.69, 9.17) is 5.11 Å². The topological polar surface area (TPSA) is 57.6 Å². The minimum Gasteiger partial charge on any atom is -0.481 e. The van der Waals surface area contributed by atoms with Crippen molar-refractivity contribution in [1.82, 2.24) is 4.90 Å². The number of carbonyl (C=O) groups excluding carboxylic acids is 1. The molecule has 0 radical (unpaired) electrons. The van der Waals surface area contributed by atoms with Gasteiger partial charge in [0, 0.05) is 30.3 Å². The van der Waals surface area contributed by atoms with Crippen molar-refractivity contribution >= 4 is 23.2 Å². The Labute approximate surface area is 158 Å². The average Bonchev–Trinajstić information content (AvgIpc) is 3.17. The molecule has 0 aliphatic carbocycles. The summed E-state index contributed by atoms with van der Waals surface area (Å²) in [5, 5.41) is 11.1. The van der Waals surface area contributed by atoms with Crippen LogP contribution in [0, 0.1) is 5.92 Å². The Balaban J connectivity index is 1.51. The van der Waals surface area contributed by atoms with E-state index in [2.05, 4.69) is 24.3 Å². The van der Waals surface area contributed by atoms with E-state index in [1.54, 1.807) is 0 Å². The second-order valence-corrected chi connectivity index (χ2v) is 8.01. The highest BCUT2D eigenvalue weighted by Crippen LogP contribution is 2.29. The van der Waals surface area contributed by atoms with E-state index in [0.717, 1.165) is 37.2 Å². The second-order valence-electron chi connectivity index (χ2n) is 7.03. The standard InChI is InChI=1S/C21H25NO3S/c23-20(14-18(15-21(24)25)19-7-4-12-26-19)22-10-8-17(9-11-22)13-16-5-2-1-3-6-16/h1-7,12,17-18H,8-11,13-15H2,(H,24,25). The molecule has 1 atom stereocenters. The molecular formula is C21H25NO3S. The summed E-state index contributed by atoms with van der Waals surface area (Å²) in [7, 11) is 0. The van der Waals surface area contributed by atoms with Crippen LogP contribution in [0.25, 0.3) is 0 Å². The smallest absolute Gasteiger partial charge is 0.304 e. The molecule has 1 aromatic carbocycles. The number of carbonyl (C=O) groups is 2. The average molecular weight is 372 g/mol. The molecule has 4 nitrogen and oxygen atoms in total. The van der Waals surface area contributed by atoms with E-state index in [1.165, 1.54) is 16.9 Å². The van der Waals surface area contributed by atoms with Gasteiger partial charge >= 0.3 is 5.97 Å². The van der Waals surface area contributed by atoms with Crippen molar-refractivity contribution in [2.24, 2.45) is 5.92 Å². The van der Waals surface area contributed by atoms with Gasteiger partial charge < -0.3 is 10.0 Å². The third kappa shape index (κ3) is 5.18. The van der Waals surface area contributed by atoms with Gasteiger partial charge in [0.25, 0.3) is 0 Å². The van der Waals surface area contributed by atoms with E-state index < -0.39 is 5.97 Å². The van der Waals surface area contributed by atoms with Crippen molar-refractivity contribution in [2.45, 2.75) is 38.0 Å². The maximum atomic E-state index is 12.7. The first kappa shape index (κ1) is 18.6. The number of carboxylic acids is 1. The van der Waals surface area contributed by atoms with Crippen molar-refractivity contribution < 1.29 is 14.7 Å². The fourth-order valence-electron chi connectivity index (χ4n) is 3.68. The van der Waals surface area contributed by atoms with Crippen LogP contribution in [-0.2, 0) is 16.0 Å². The zero-order valence-corrected chi connectivity index (χ0v) is 15.7. The molecule has 1 aliphatic rings. The Hall–Kier alpha value is -2.14. The maximum Gasteiger partial charge on any atom is 0.304 e. The summed E-state index contributed by atoms with van der Waals surface area (Å²) < 4.78 is 0. The van der Waals surface area contributed by atoms with Crippen molar-refractivity contribution in [3.63, 3.8) is 0 Å². The number of piperidine rings is 1. The molecule has 1 aromatic heterocycles. The Morgan fingerprint density at radius 3 is 2.42 bits per heavy atom. The van der Waals surface area contributed by atoms with Gasteiger partial charge in [0.1, 0.15) is 0 Å². The Bertz CT molecular complexity index is 706. The number of nitrogens with zero attached hydrogens (tertiary/aromatic N) is 1. The molecule has 2 aromatic rings. The summed E-state index contributed by atoms with van der Waals surface area (Å²) in [6.07, 6.45) is 3.40. The molecule has 0 saturated carbocycles. The summed E-state index contributed by atoms with van der Waals surface area (Å²) >= 11 is 1.53. The minimum atomic E-state index is -0.849. The monoisotopic (exact) mass is 371 g/mol. The van der Waals surface area contributed by atoms with Crippen molar-refractivity contribution in [3.8, 4) is 0 Å². The van der Waals surface area contributed by atoms with Gasteiger partial charge in [-0.05, 0) is 42.2 Å². The van der Waals surface area contributed by atoms with Crippen LogP contribution in [0.15, 0.2) is 47.8 Å². The third-order valence-corrected chi connectivity index (χ3v) is 6.16. The van der Waals surface area contributed by atoms with Gasteiger partial charge in [0.15, 0.2) is 0 Å². The SMILES string of the molecule is O=C(O)CC(CC(=O)N1CCC(Cc2ccccc2)CC1)c1cccs1. The summed E-state index contributed by atoms with van der Waals surface area (Å²) in [5.74, 6) is -0.365. The van der Waals surface area contributed by atoms with Crippen LogP contribution in [0.1, 0.15) is 42.0 Å². The predicted molar refractivity (Wildman–Crippen MR) is 103 cm³/mol. The number of thiophene rings is 1. The summed E-state index contributed by atoms with van der Waals surface area (Å²) in [5.41, 5.74) is 1.36. The highest BCUT2D eigenvalue weighted by molar-refractivity contribution is 7.10. The van der Waals surface area contributed by atoms with Crippen molar-refractivity contribution in [2.75, 3.05) is 13.1 Å². The van der Waals surface area contributed by atoms with Crippen LogP contribution in [0.2, 0.25) is 0 Å². The van der Waals surface area contributed by atoms with Gasteiger partial charge in [0.05, 0.1) is 6.42 Å². The molecule has 1 fully saturated rings. The Morgan fingerprint density at radius 2 is 1.81 bits per heavy atom. The molecule has 138 valence electrons. The van der Waals surface area contributed by atoms with E-state index in [0.29, 0.717) is 5.92 Å². The number of likely N-dealkylation sites (tertiary alicyclic amines) is 1. The Kier molecular flexibility index (Phi) is 6.45. The fraction of sp³-hybridized carbons (Fsp3) is 0.429. The highest BCUT2D eigenvalue weighted by atomic mass is 32.1.